The number of hydrogen-bond donors (Lipinski definition) is 1. The van der Waals surface area contributed by atoms with Crippen molar-refractivity contribution < 1.29 is 5.11 Å². The molecule has 0 saturated carbocycles. The van der Waals surface area contributed by atoms with Gasteiger partial charge in [0.05, 0.1) is 6.10 Å². The van der Waals surface area contributed by atoms with Gasteiger partial charge in [-0.25, -0.2) is 0 Å². The molecule has 1 N–H and O–H groups in total. The maximum absolute atomic E-state index is 10.3. The van der Waals surface area contributed by atoms with E-state index in [9.17, 15) is 5.11 Å². The first-order chi connectivity index (χ1) is 9.05. The van der Waals surface area contributed by atoms with Gasteiger partial charge in [-0.05, 0) is 42.2 Å². The number of rotatable bonds is 3. The van der Waals surface area contributed by atoms with Gasteiger partial charge in [0.1, 0.15) is 0 Å². The Balaban J connectivity index is 1.80. The molecule has 1 aliphatic carbocycles. The molecule has 0 fully saturated rings. The number of aliphatic hydroxyl groups is 1. The minimum atomic E-state index is -0.290. The van der Waals surface area contributed by atoms with Crippen LogP contribution in [0, 0.1) is 5.41 Å². The second-order valence-electron chi connectivity index (χ2n) is 6.30. The van der Waals surface area contributed by atoms with Crippen molar-refractivity contribution in [2.75, 3.05) is 0 Å². The molecule has 0 saturated heterocycles. The Bertz CT molecular complexity index is 553. The molecule has 0 aromatic carbocycles. The van der Waals surface area contributed by atoms with Crippen LogP contribution < -0.4 is 0 Å². The van der Waals surface area contributed by atoms with Gasteiger partial charge >= 0.3 is 0 Å². The lowest BCUT2D eigenvalue weighted by Crippen LogP contribution is -2.26. The molecule has 3 rings (SSSR count). The van der Waals surface area contributed by atoms with Crippen molar-refractivity contribution in [1.82, 2.24) is 4.57 Å². The van der Waals surface area contributed by atoms with Gasteiger partial charge in [0, 0.05) is 28.9 Å². The van der Waals surface area contributed by atoms with Crippen LogP contribution in [0.2, 0.25) is 0 Å². The molecule has 3 heteroatoms. The van der Waals surface area contributed by atoms with Gasteiger partial charge in [0.2, 0.25) is 0 Å². The van der Waals surface area contributed by atoms with E-state index in [4.69, 9.17) is 0 Å². The Labute approximate surface area is 118 Å². The smallest absolute Gasteiger partial charge is 0.0812 e. The molecular weight excluding hydrogens is 254 g/mol. The minimum absolute atomic E-state index is 0.200. The van der Waals surface area contributed by atoms with E-state index in [1.165, 1.54) is 10.6 Å². The third-order valence-electron chi connectivity index (χ3n) is 4.04. The lowest BCUT2D eigenvalue weighted by Gasteiger charge is -2.34. The fourth-order valence-corrected chi connectivity index (χ4v) is 3.78. The lowest BCUT2D eigenvalue weighted by molar-refractivity contribution is 0.0979. The van der Waals surface area contributed by atoms with Gasteiger partial charge < -0.3 is 9.67 Å². The Hall–Kier alpha value is -1.06. The van der Waals surface area contributed by atoms with Crippen molar-refractivity contribution in [3.63, 3.8) is 0 Å². The van der Waals surface area contributed by atoms with E-state index < -0.39 is 0 Å². The second kappa shape index (κ2) is 4.80. The molecule has 102 valence electrons. The van der Waals surface area contributed by atoms with Crippen LogP contribution in [0.1, 0.15) is 42.5 Å². The van der Waals surface area contributed by atoms with Crippen molar-refractivity contribution in [3.8, 4) is 0 Å². The van der Waals surface area contributed by atoms with E-state index in [1.54, 1.807) is 0 Å². The molecule has 2 aromatic heterocycles. The normalized spacial score (nSPS) is 21.3. The summed E-state index contributed by atoms with van der Waals surface area (Å²) >= 11 is 1.82. The highest BCUT2D eigenvalue weighted by molar-refractivity contribution is 7.09. The molecule has 0 spiro atoms. The van der Waals surface area contributed by atoms with Crippen LogP contribution in [0.4, 0.5) is 0 Å². The highest BCUT2D eigenvalue weighted by Gasteiger charge is 2.32. The summed E-state index contributed by atoms with van der Waals surface area (Å²) in [5.74, 6) is 0. The van der Waals surface area contributed by atoms with Gasteiger partial charge in [0.25, 0.3) is 0 Å². The van der Waals surface area contributed by atoms with Crippen LogP contribution in [-0.2, 0) is 19.4 Å². The largest absolute Gasteiger partial charge is 0.388 e. The molecule has 0 radical (unpaired) electrons. The lowest BCUT2D eigenvalue weighted by atomic mass is 9.75. The van der Waals surface area contributed by atoms with Gasteiger partial charge in [0.15, 0.2) is 0 Å². The number of thiophene rings is 1. The summed E-state index contributed by atoms with van der Waals surface area (Å²) in [5, 5.41) is 12.4. The monoisotopic (exact) mass is 275 g/mol. The molecule has 0 aliphatic heterocycles. The molecule has 2 aromatic rings. The fourth-order valence-electron chi connectivity index (χ4n) is 3.08. The summed E-state index contributed by atoms with van der Waals surface area (Å²) < 4.78 is 2.33. The summed E-state index contributed by atoms with van der Waals surface area (Å²) in [4.78, 5) is 1.43. The minimum Gasteiger partial charge on any atom is -0.388 e. The zero-order valence-corrected chi connectivity index (χ0v) is 12.4. The molecule has 2 nitrogen and oxygen atoms in total. The summed E-state index contributed by atoms with van der Waals surface area (Å²) in [7, 11) is 0. The van der Waals surface area contributed by atoms with Gasteiger partial charge in [-0.15, -0.1) is 11.3 Å². The summed E-state index contributed by atoms with van der Waals surface area (Å²) in [5.41, 5.74) is 2.68. The van der Waals surface area contributed by atoms with Crippen LogP contribution >= 0.6 is 11.3 Å². The standard InChI is InChI=1S/C16H21NOS/c1-16(2)10-14-13(15(18)11-16)6-8-17(14)7-5-12-4-3-9-19-12/h3-4,6,8-9,15,18H,5,7,10-11H2,1-2H3. The highest BCUT2D eigenvalue weighted by Crippen LogP contribution is 2.41. The first kappa shape index (κ1) is 12.9. The summed E-state index contributed by atoms with van der Waals surface area (Å²) in [6.45, 7) is 5.50. The Kier molecular flexibility index (Phi) is 3.27. The average Bonchev–Trinajstić information content (AvgIpc) is 2.93. The first-order valence-electron chi connectivity index (χ1n) is 6.93. The van der Waals surface area contributed by atoms with Crippen molar-refractivity contribution in [2.24, 2.45) is 5.41 Å². The van der Waals surface area contributed by atoms with E-state index in [2.05, 4.69) is 48.2 Å². The highest BCUT2D eigenvalue weighted by atomic mass is 32.1. The number of aromatic nitrogens is 1. The van der Waals surface area contributed by atoms with Crippen LogP contribution in [0.3, 0.4) is 0 Å². The zero-order chi connectivity index (χ0) is 13.5. The zero-order valence-electron chi connectivity index (χ0n) is 11.6. The van der Waals surface area contributed by atoms with Crippen molar-refractivity contribution in [2.45, 2.75) is 45.8 Å². The van der Waals surface area contributed by atoms with Crippen molar-refractivity contribution in [1.29, 1.82) is 0 Å². The fraction of sp³-hybridized carbons (Fsp3) is 0.500. The number of fused-ring (bicyclic) bond motifs is 1. The quantitative estimate of drug-likeness (QED) is 0.905. The van der Waals surface area contributed by atoms with E-state index in [1.807, 2.05) is 11.3 Å². The topological polar surface area (TPSA) is 25.2 Å². The third kappa shape index (κ3) is 2.63. The number of aliphatic hydroxyl groups excluding tert-OH is 1. The molecule has 1 unspecified atom stereocenters. The second-order valence-corrected chi connectivity index (χ2v) is 7.33. The van der Waals surface area contributed by atoms with E-state index in [0.717, 1.165) is 31.4 Å². The van der Waals surface area contributed by atoms with E-state index in [0.29, 0.717) is 0 Å². The predicted octanol–water partition coefficient (Wildman–Crippen LogP) is 3.80. The van der Waals surface area contributed by atoms with Crippen molar-refractivity contribution in [3.05, 3.63) is 45.9 Å². The van der Waals surface area contributed by atoms with Gasteiger partial charge in [-0.2, -0.15) is 0 Å². The average molecular weight is 275 g/mol. The molecule has 0 amide bonds. The van der Waals surface area contributed by atoms with Crippen molar-refractivity contribution >= 4 is 11.3 Å². The summed E-state index contributed by atoms with van der Waals surface area (Å²) in [6, 6.07) is 6.40. The summed E-state index contributed by atoms with van der Waals surface area (Å²) in [6.07, 6.45) is 4.87. The Morgan fingerprint density at radius 1 is 1.42 bits per heavy atom. The maximum Gasteiger partial charge on any atom is 0.0812 e. The number of aryl methyl sites for hydroxylation is 2. The van der Waals surface area contributed by atoms with Gasteiger partial charge in [-0.3, -0.25) is 0 Å². The molecular formula is C16H21NOS. The van der Waals surface area contributed by atoms with Gasteiger partial charge in [-0.1, -0.05) is 19.9 Å². The first-order valence-corrected chi connectivity index (χ1v) is 7.81. The molecule has 1 atom stereocenters. The number of hydrogen-bond acceptors (Lipinski definition) is 2. The van der Waals surface area contributed by atoms with Crippen LogP contribution in [0.5, 0.6) is 0 Å². The van der Waals surface area contributed by atoms with Crippen LogP contribution in [-0.4, -0.2) is 9.67 Å². The molecule has 1 aliphatic rings. The van der Waals surface area contributed by atoms with E-state index >= 15 is 0 Å². The Morgan fingerprint density at radius 3 is 3.00 bits per heavy atom. The molecule has 0 bridgehead atoms. The Morgan fingerprint density at radius 2 is 2.26 bits per heavy atom. The van der Waals surface area contributed by atoms with Crippen LogP contribution in [0.15, 0.2) is 29.8 Å². The molecule has 19 heavy (non-hydrogen) atoms. The third-order valence-corrected chi connectivity index (χ3v) is 4.98. The number of nitrogens with zero attached hydrogens (tertiary/aromatic N) is 1. The SMILES string of the molecule is CC1(C)Cc2c(ccn2CCc2cccs2)C(O)C1. The maximum atomic E-state index is 10.3. The predicted molar refractivity (Wildman–Crippen MR) is 79.5 cm³/mol. The molecule has 2 heterocycles. The van der Waals surface area contributed by atoms with E-state index in [-0.39, 0.29) is 11.5 Å². The van der Waals surface area contributed by atoms with Crippen LogP contribution in [0.25, 0.3) is 0 Å².